The fourth-order valence-corrected chi connectivity index (χ4v) is 0.929. The van der Waals surface area contributed by atoms with Crippen molar-refractivity contribution in [3.63, 3.8) is 0 Å². The minimum Gasteiger partial charge on any atom is -0.392 e. The second-order valence-electron chi connectivity index (χ2n) is 2.98. The maximum Gasteiger partial charge on any atom is 0.207 e. The molecule has 0 aromatic carbocycles. The van der Waals surface area contributed by atoms with Crippen LogP contribution in [0.4, 0.5) is 0 Å². The van der Waals surface area contributed by atoms with Gasteiger partial charge >= 0.3 is 0 Å². The molecule has 4 nitrogen and oxygen atoms in total. The normalized spacial score (nSPS) is 23.6. The summed E-state index contributed by atoms with van der Waals surface area (Å²) in [7, 11) is 4.10. The van der Waals surface area contributed by atoms with E-state index in [0.29, 0.717) is 0 Å². The van der Waals surface area contributed by atoms with Gasteiger partial charge < -0.3 is 9.74 Å². The van der Waals surface area contributed by atoms with Crippen molar-refractivity contribution in [2.75, 3.05) is 20.6 Å². The summed E-state index contributed by atoms with van der Waals surface area (Å²) in [6, 6.07) is 0. The standard InChI is InChI=1S/C7H15N3O/c1-6-8-7(9-11-6)4-5-10(2)3/h7,9H,4-5H2,1-3H3. The highest BCUT2D eigenvalue weighted by atomic mass is 16.7. The third-order valence-corrected chi connectivity index (χ3v) is 1.53. The number of hydrogen-bond donors (Lipinski definition) is 1. The lowest BCUT2D eigenvalue weighted by Gasteiger charge is -2.10. The number of nitrogens with one attached hydrogen (secondary N) is 1. The number of hydrogen-bond acceptors (Lipinski definition) is 4. The topological polar surface area (TPSA) is 36.9 Å². The number of hydroxylamine groups is 1. The first-order valence-corrected chi connectivity index (χ1v) is 3.80. The summed E-state index contributed by atoms with van der Waals surface area (Å²) < 4.78 is 0. The lowest BCUT2D eigenvalue weighted by atomic mass is 10.3. The molecular formula is C7H15N3O. The molecular weight excluding hydrogens is 142 g/mol. The Morgan fingerprint density at radius 2 is 2.36 bits per heavy atom. The van der Waals surface area contributed by atoms with E-state index in [0.717, 1.165) is 18.9 Å². The van der Waals surface area contributed by atoms with Gasteiger partial charge in [0.1, 0.15) is 6.17 Å². The van der Waals surface area contributed by atoms with Crippen molar-refractivity contribution in [2.24, 2.45) is 4.99 Å². The third-order valence-electron chi connectivity index (χ3n) is 1.53. The molecule has 4 heteroatoms. The van der Waals surface area contributed by atoms with E-state index in [1.54, 1.807) is 0 Å². The molecule has 0 saturated heterocycles. The van der Waals surface area contributed by atoms with Crippen molar-refractivity contribution in [2.45, 2.75) is 19.5 Å². The summed E-state index contributed by atoms with van der Waals surface area (Å²) in [6.45, 7) is 2.88. The van der Waals surface area contributed by atoms with E-state index >= 15 is 0 Å². The molecule has 0 radical (unpaired) electrons. The van der Waals surface area contributed by atoms with Gasteiger partial charge in [-0.1, -0.05) is 0 Å². The van der Waals surface area contributed by atoms with Gasteiger partial charge in [0, 0.05) is 13.5 Å². The molecule has 1 unspecified atom stereocenters. The first-order chi connectivity index (χ1) is 5.18. The molecule has 1 N–H and O–H groups in total. The van der Waals surface area contributed by atoms with E-state index in [1.165, 1.54) is 0 Å². The van der Waals surface area contributed by atoms with Crippen LogP contribution in [0.1, 0.15) is 13.3 Å². The molecule has 11 heavy (non-hydrogen) atoms. The molecule has 1 aliphatic heterocycles. The van der Waals surface area contributed by atoms with Crippen LogP contribution in [-0.2, 0) is 4.84 Å². The lowest BCUT2D eigenvalue weighted by molar-refractivity contribution is 0.168. The van der Waals surface area contributed by atoms with Crippen LogP contribution in [-0.4, -0.2) is 37.6 Å². The fraction of sp³-hybridized carbons (Fsp3) is 0.857. The Morgan fingerprint density at radius 1 is 1.64 bits per heavy atom. The van der Waals surface area contributed by atoms with Crippen LogP contribution in [0.15, 0.2) is 4.99 Å². The van der Waals surface area contributed by atoms with Crippen LogP contribution < -0.4 is 5.48 Å². The zero-order valence-electron chi connectivity index (χ0n) is 7.29. The summed E-state index contributed by atoms with van der Waals surface area (Å²) in [6.07, 6.45) is 1.14. The molecule has 0 aliphatic carbocycles. The van der Waals surface area contributed by atoms with Gasteiger partial charge in [-0.25, -0.2) is 4.99 Å². The van der Waals surface area contributed by atoms with Crippen molar-refractivity contribution in [1.82, 2.24) is 10.4 Å². The molecule has 0 spiro atoms. The van der Waals surface area contributed by atoms with Gasteiger partial charge in [-0.05, 0) is 20.5 Å². The van der Waals surface area contributed by atoms with Crippen LogP contribution in [0.5, 0.6) is 0 Å². The smallest absolute Gasteiger partial charge is 0.207 e. The average Bonchev–Trinajstić information content (AvgIpc) is 2.31. The molecule has 0 bridgehead atoms. The first-order valence-electron chi connectivity index (χ1n) is 3.80. The highest BCUT2D eigenvalue weighted by Crippen LogP contribution is 2.02. The second kappa shape index (κ2) is 3.69. The van der Waals surface area contributed by atoms with Crippen LogP contribution in [0, 0.1) is 0 Å². The molecule has 0 aromatic rings. The predicted octanol–water partition coefficient (Wildman–Crippen LogP) is 0.217. The highest BCUT2D eigenvalue weighted by molar-refractivity contribution is 5.74. The maximum absolute atomic E-state index is 4.98. The van der Waals surface area contributed by atoms with E-state index in [9.17, 15) is 0 Å². The summed E-state index contributed by atoms with van der Waals surface area (Å²) in [5.74, 6) is 0.730. The Labute approximate surface area is 67.2 Å². The zero-order valence-corrected chi connectivity index (χ0v) is 7.29. The first kappa shape index (κ1) is 8.49. The van der Waals surface area contributed by atoms with Crippen LogP contribution in [0.3, 0.4) is 0 Å². The zero-order chi connectivity index (χ0) is 8.27. The van der Waals surface area contributed by atoms with Crippen molar-refractivity contribution in [3.05, 3.63) is 0 Å². The SMILES string of the molecule is CC1=NC(CCN(C)C)NO1. The number of aliphatic imine (C=N–C) groups is 1. The fourth-order valence-electron chi connectivity index (χ4n) is 0.929. The summed E-state index contributed by atoms with van der Waals surface area (Å²) in [4.78, 5) is 11.3. The minimum atomic E-state index is 0.150. The van der Waals surface area contributed by atoms with Gasteiger partial charge in [0.05, 0.1) is 0 Å². The van der Waals surface area contributed by atoms with Crippen molar-refractivity contribution in [3.8, 4) is 0 Å². The Bertz CT molecular complexity index is 156. The summed E-state index contributed by atoms with van der Waals surface area (Å²) >= 11 is 0. The predicted molar refractivity (Wildman–Crippen MR) is 44.3 cm³/mol. The molecule has 0 aromatic heterocycles. The molecule has 64 valence electrons. The van der Waals surface area contributed by atoms with Gasteiger partial charge in [0.15, 0.2) is 0 Å². The van der Waals surface area contributed by atoms with Crippen molar-refractivity contribution >= 4 is 5.90 Å². The third kappa shape index (κ3) is 2.86. The van der Waals surface area contributed by atoms with E-state index in [1.807, 2.05) is 21.0 Å². The van der Waals surface area contributed by atoms with E-state index < -0.39 is 0 Å². The van der Waals surface area contributed by atoms with Gasteiger partial charge in [0.2, 0.25) is 5.90 Å². The maximum atomic E-state index is 4.98. The molecule has 0 saturated carbocycles. The minimum absolute atomic E-state index is 0.150. The second-order valence-corrected chi connectivity index (χ2v) is 2.98. The Morgan fingerprint density at radius 3 is 2.82 bits per heavy atom. The van der Waals surface area contributed by atoms with Gasteiger partial charge in [0.25, 0.3) is 0 Å². The molecule has 1 atom stereocenters. The van der Waals surface area contributed by atoms with Gasteiger partial charge in [-0.3, -0.25) is 0 Å². The number of rotatable bonds is 3. The Balaban J connectivity index is 2.18. The Kier molecular flexibility index (Phi) is 2.84. The largest absolute Gasteiger partial charge is 0.392 e. The molecule has 1 aliphatic rings. The number of nitrogens with zero attached hydrogens (tertiary/aromatic N) is 2. The van der Waals surface area contributed by atoms with Crippen LogP contribution in [0.25, 0.3) is 0 Å². The molecule has 0 fully saturated rings. The van der Waals surface area contributed by atoms with Gasteiger partial charge in [-0.15, -0.1) is 5.48 Å². The van der Waals surface area contributed by atoms with E-state index in [4.69, 9.17) is 4.84 Å². The van der Waals surface area contributed by atoms with Crippen LogP contribution >= 0.6 is 0 Å². The van der Waals surface area contributed by atoms with E-state index in [-0.39, 0.29) is 6.17 Å². The molecule has 1 heterocycles. The van der Waals surface area contributed by atoms with Gasteiger partial charge in [-0.2, -0.15) is 0 Å². The summed E-state index contributed by atoms with van der Waals surface area (Å²) in [5.41, 5.74) is 2.83. The molecule has 0 amide bonds. The highest BCUT2D eigenvalue weighted by Gasteiger charge is 2.14. The van der Waals surface area contributed by atoms with E-state index in [2.05, 4.69) is 15.4 Å². The summed E-state index contributed by atoms with van der Waals surface area (Å²) in [5, 5.41) is 0. The van der Waals surface area contributed by atoms with Crippen molar-refractivity contribution < 1.29 is 4.84 Å². The quantitative estimate of drug-likeness (QED) is 0.636. The Hall–Kier alpha value is -0.610. The molecule has 1 rings (SSSR count). The van der Waals surface area contributed by atoms with Crippen molar-refractivity contribution in [1.29, 1.82) is 0 Å². The lowest BCUT2D eigenvalue weighted by Crippen LogP contribution is -2.26. The average molecular weight is 157 g/mol. The van der Waals surface area contributed by atoms with Crippen LogP contribution in [0.2, 0.25) is 0 Å². The monoisotopic (exact) mass is 157 g/mol.